The summed E-state index contributed by atoms with van der Waals surface area (Å²) in [5, 5.41) is 13.5. The second kappa shape index (κ2) is 9.68. The van der Waals surface area contributed by atoms with Crippen molar-refractivity contribution in [3.05, 3.63) is 64.7 Å². The van der Waals surface area contributed by atoms with Gasteiger partial charge in [0.2, 0.25) is 5.91 Å². The summed E-state index contributed by atoms with van der Waals surface area (Å²) in [4.78, 5) is 25.0. The average Bonchev–Trinajstić information content (AvgIpc) is 2.64. The number of nitro groups is 1. The third-order valence-corrected chi connectivity index (χ3v) is 4.62. The van der Waals surface area contributed by atoms with E-state index < -0.39 is 4.92 Å². The van der Waals surface area contributed by atoms with Gasteiger partial charge in [0.25, 0.3) is 5.69 Å². The van der Waals surface area contributed by atoms with E-state index in [1.807, 2.05) is 25.2 Å². The molecule has 132 valence electrons. The minimum atomic E-state index is -0.437. The van der Waals surface area contributed by atoms with Crippen molar-refractivity contribution in [1.29, 1.82) is 0 Å². The van der Waals surface area contributed by atoms with Gasteiger partial charge in [-0.1, -0.05) is 18.2 Å². The monoisotopic (exact) mass is 359 g/mol. The summed E-state index contributed by atoms with van der Waals surface area (Å²) in [5.74, 6) is 0.262. The molecule has 0 aliphatic heterocycles. The van der Waals surface area contributed by atoms with Gasteiger partial charge in [-0.2, -0.15) is 0 Å². The highest BCUT2D eigenvalue weighted by atomic mass is 32.2. The van der Waals surface area contributed by atoms with E-state index in [0.717, 1.165) is 23.5 Å². The number of non-ortho nitro benzene ring substituents is 1. The zero-order chi connectivity index (χ0) is 18.1. The van der Waals surface area contributed by atoms with Crippen LogP contribution in [0.5, 0.6) is 0 Å². The number of rotatable bonds is 9. The number of thioether (sulfide) groups is 1. The molecule has 1 amide bonds. The van der Waals surface area contributed by atoms with Gasteiger partial charge in [0.15, 0.2) is 0 Å². The van der Waals surface area contributed by atoms with Gasteiger partial charge in [-0.15, -0.1) is 11.8 Å². The second-order valence-electron chi connectivity index (χ2n) is 5.50. The number of hydrogen-bond acceptors (Lipinski definition) is 5. The van der Waals surface area contributed by atoms with Gasteiger partial charge in [-0.3, -0.25) is 14.9 Å². The zero-order valence-electron chi connectivity index (χ0n) is 14.1. The topological polar surface area (TPSA) is 75.5 Å². The average molecular weight is 359 g/mol. The third-order valence-electron chi connectivity index (χ3n) is 3.61. The first kappa shape index (κ1) is 18.8. The Bertz CT molecular complexity index is 692. The molecule has 0 aliphatic rings. The lowest BCUT2D eigenvalue weighted by Gasteiger charge is -2.19. The first-order valence-electron chi connectivity index (χ1n) is 7.96. The van der Waals surface area contributed by atoms with Crippen molar-refractivity contribution in [2.75, 3.05) is 30.8 Å². The van der Waals surface area contributed by atoms with Crippen LogP contribution in [0, 0.1) is 10.1 Å². The summed E-state index contributed by atoms with van der Waals surface area (Å²) in [6.07, 6.45) is 0.860. The van der Waals surface area contributed by atoms with Gasteiger partial charge in [0.05, 0.1) is 10.7 Å². The normalized spacial score (nSPS) is 10.3. The van der Waals surface area contributed by atoms with E-state index in [2.05, 4.69) is 22.3 Å². The Labute approximate surface area is 151 Å². The molecule has 0 aromatic heterocycles. The molecule has 7 heteroatoms. The molecule has 6 nitrogen and oxygen atoms in total. The van der Waals surface area contributed by atoms with E-state index in [9.17, 15) is 14.9 Å². The van der Waals surface area contributed by atoms with Crippen molar-refractivity contribution in [3.8, 4) is 0 Å². The van der Waals surface area contributed by atoms with Gasteiger partial charge in [-0.05, 0) is 30.7 Å². The van der Waals surface area contributed by atoms with E-state index in [4.69, 9.17) is 0 Å². The summed E-state index contributed by atoms with van der Waals surface area (Å²) in [7, 11) is 2.03. The smallest absolute Gasteiger partial charge is 0.269 e. The van der Waals surface area contributed by atoms with E-state index >= 15 is 0 Å². The van der Waals surface area contributed by atoms with Crippen LogP contribution in [0.4, 0.5) is 11.4 Å². The molecule has 0 radical (unpaired) electrons. The molecule has 0 bridgehead atoms. The van der Waals surface area contributed by atoms with E-state index in [-0.39, 0.29) is 11.6 Å². The molecule has 2 aromatic rings. The van der Waals surface area contributed by atoms with Crippen LogP contribution in [0.3, 0.4) is 0 Å². The quantitative estimate of drug-likeness (QED) is 0.322. The molecule has 2 rings (SSSR count). The van der Waals surface area contributed by atoms with Crippen molar-refractivity contribution in [2.24, 2.45) is 0 Å². The number of nitrogens with zero attached hydrogens (tertiary/aromatic N) is 2. The fraction of sp³-hybridized carbons (Fsp3) is 0.278. The Morgan fingerprint density at radius 2 is 1.84 bits per heavy atom. The summed E-state index contributed by atoms with van der Waals surface area (Å²) >= 11 is 1.37. The van der Waals surface area contributed by atoms with Crippen LogP contribution in [0.15, 0.2) is 59.5 Å². The van der Waals surface area contributed by atoms with Crippen molar-refractivity contribution in [2.45, 2.75) is 11.3 Å². The number of amides is 1. The lowest BCUT2D eigenvalue weighted by molar-refractivity contribution is -0.384. The third kappa shape index (κ3) is 6.46. The van der Waals surface area contributed by atoms with E-state index in [0.29, 0.717) is 12.3 Å². The molecular formula is C18H21N3O3S. The summed E-state index contributed by atoms with van der Waals surface area (Å²) in [6.45, 7) is 1.48. The highest BCUT2D eigenvalue weighted by molar-refractivity contribution is 8.00. The first-order chi connectivity index (χ1) is 12.1. The number of carbonyl (C=O) groups is 1. The van der Waals surface area contributed by atoms with Crippen LogP contribution in [-0.4, -0.2) is 36.7 Å². The highest BCUT2D eigenvalue weighted by Crippen LogP contribution is 2.21. The molecule has 1 N–H and O–H groups in total. The molecule has 0 atom stereocenters. The standard InChI is InChI=1S/C18H21N3O3S/c1-20(15-6-3-2-4-7-15)13-5-12-19-18(22)14-25-17-10-8-16(9-11-17)21(23)24/h2-4,6-11H,5,12-14H2,1H3,(H,19,22). The fourth-order valence-electron chi connectivity index (χ4n) is 2.22. The second-order valence-corrected chi connectivity index (χ2v) is 6.55. The molecule has 0 spiro atoms. The number of carbonyl (C=O) groups excluding carboxylic acids is 1. The van der Waals surface area contributed by atoms with Crippen LogP contribution >= 0.6 is 11.8 Å². The number of hydrogen-bond donors (Lipinski definition) is 1. The molecular weight excluding hydrogens is 338 g/mol. The number of benzene rings is 2. The number of anilines is 1. The molecule has 25 heavy (non-hydrogen) atoms. The highest BCUT2D eigenvalue weighted by Gasteiger charge is 2.06. The molecule has 0 aliphatic carbocycles. The fourth-order valence-corrected chi connectivity index (χ4v) is 2.95. The first-order valence-corrected chi connectivity index (χ1v) is 8.95. The SMILES string of the molecule is CN(CCCNC(=O)CSc1ccc([N+](=O)[O-])cc1)c1ccccc1. The predicted molar refractivity (Wildman–Crippen MR) is 101 cm³/mol. The number of nitro benzene ring substituents is 1. The number of para-hydroxylation sites is 1. The lowest BCUT2D eigenvalue weighted by atomic mass is 10.3. The summed E-state index contributed by atoms with van der Waals surface area (Å²) < 4.78 is 0. The largest absolute Gasteiger partial charge is 0.375 e. The van der Waals surface area contributed by atoms with Crippen molar-refractivity contribution >= 4 is 29.0 Å². The van der Waals surface area contributed by atoms with Crippen molar-refractivity contribution in [1.82, 2.24) is 5.32 Å². The Balaban J connectivity index is 1.63. The Morgan fingerprint density at radius 1 is 1.16 bits per heavy atom. The van der Waals surface area contributed by atoms with E-state index in [1.165, 1.54) is 23.9 Å². The van der Waals surface area contributed by atoms with Gasteiger partial charge >= 0.3 is 0 Å². The van der Waals surface area contributed by atoms with Crippen LogP contribution in [0.1, 0.15) is 6.42 Å². The molecule has 2 aromatic carbocycles. The molecule has 0 saturated carbocycles. The maximum absolute atomic E-state index is 11.9. The maximum atomic E-state index is 11.9. The van der Waals surface area contributed by atoms with Gasteiger partial charge in [0.1, 0.15) is 0 Å². The summed E-state index contributed by atoms with van der Waals surface area (Å²) in [5.41, 5.74) is 1.21. The molecule has 0 heterocycles. The predicted octanol–water partition coefficient (Wildman–Crippen LogP) is 3.33. The molecule has 0 fully saturated rings. The van der Waals surface area contributed by atoms with Crippen molar-refractivity contribution < 1.29 is 9.72 Å². The molecule has 0 unspecified atom stereocenters. The summed E-state index contributed by atoms with van der Waals surface area (Å²) in [6, 6.07) is 16.3. The van der Waals surface area contributed by atoms with Crippen LogP contribution < -0.4 is 10.2 Å². The van der Waals surface area contributed by atoms with Crippen LogP contribution in [0.2, 0.25) is 0 Å². The van der Waals surface area contributed by atoms with Gasteiger partial charge in [-0.25, -0.2) is 0 Å². The number of nitrogens with one attached hydrogen (secondary N) is 1. The Hall–Kier alpha value is -2.54. The lowest BCUT2D eigenvalue weighted by Crippen LogP contribution is -2.29. The van der Waals surface area contributed by atoms with E-state index in [1.54, 1.807) is 12.1 Å². The Morgan fingerprint density at radius 3 is 2.48 bits per heavy atom. The zero-order valence-corrected chi connectivity index (χ0v) is 14.9. The minimum Gasteiger partial charge on any atom is -0.375 e. The van der Waals surface area contributed by atoms with Crippen LogP contribution in [0.25, 0.3) is 0 Å². The molecule has 0 saturated heterocycles. The van der Waals surface area contributed by atoms with Crippen molar-refractivity contribution in [3.63, 3.8) is 0 Å². The maximum Gasteiger partial charge on any atom is 0.269 e. The minimum absolute atomic E-state index is 0.0364. The Kier molecular flexibility index (Phi) is 7.28. The van der Waals surface area contributed by atoms with Gasteiger partial charge < -0.3 is 10.2 Å². The van der Waals surface area contributed by atoms with Gasteiger partial charge in [0, 0.05) is 42.9 Å². The van der Waals surface area contributed by atoms with Crippen LogP contribution in [-0.2, 0) is 4.79 Å².